The van der Waals surface area contributed by atoms with Crippen molar-refractivity contribution in [1.29, 1.82) is 0 Å². The molecule has 8 heteroatoms. The molecule has 1 rings (SSSR count). The zero-order valence-corrected chi connectivity index (χ0v) is 12.4. The molecular formula is C7H8BF3KNOS. The van der Waals surface area contributed by atoms with E-state index in [0.717, 1.165) is 6.20 Å². The van der Waals surface area contributed by atoms with Crippen molar-refractivity contribution < 1.29 is 68.5 Å². The number of hydrogen-bond donors (Lipinski definition) is 0. The second-order valence-electron chi connectivity index (χ2n) is 2.85. The molecule has 1 atom stereocenters. The van der Waals surface area contributed by atoms with Crippen LogP contribution in [0.3, 0.4) is 0 Å². The van der Waals surface area contributed by atoms with Gasteiger partial charge in [0.05, 0.1) is 10.8 Å². The first-order valence-electron chi connectivity index (χ1n) is 3.87. The van der Waals surface area contributed by atoms with Gasteiger partial charge in [0.1, 0.15) is 0 Å². The van der Waals surface area contributed by atoms with E-state index in [9.17, 15) is 17.2 Å². The monoisotopic (exact) mass is 261 g/mol. The van der Waals surface area contributed by atoms with Crippen LogP contribution in [-0.2, 0) is 17.1 Å². The molecule has 0 spiro atoms. The van der Waals surface area contributed by atoms with Gasteiger partial charge in [0.2, 0.25) is 0 Å². The van der Waals surface area contributed by atoms with Gasteiger partial charge in [-0.1, -0.05) is 6.32 Å². The largest absolute Gasteiger partial charge is 1.00 e. The Hall–Kier alpha value is 0.791. The average molecular weight is 261 g/mol. The predicted octanol–water partition coefficient (Wildman–Crippen LogP) is -1.25. The Labute approximate surface area is 131 Å². The van der Waals surface area contributed by atoms with Crippen LogP contribution in [-0.4, -0.2) is 22.4 Å². The zero-order chi connectivity index (χ0) is 10.8. The maximum atomic E-state index is 12.1. The van der Waals surface area contributed by atoms with Crippen LogP contribution in [0.15, 0.2) is 23.4 Å². The second-order valence-corrected chi connectivity index (χ2v) is 4.20. The first-order valence-corrected chi connectivity index (χ1v) is 5.43. The van der Waals surface area contributed by atoms with Crippen LogP contribution in [0.2, 0.25) is 0 Å². The van der Waals surface area contributed by atoms with Crippen molar-refractivity contribution in [3.8, 4) is 0 Å². The Bertz CT molecular complexity index is 360. The molecule has 1 aromatic rings. The first-order chi connectivity index (χ1) is 6.40. The topological polar surface area (TPSA) is 30.0 Å². The summed E-state index contributed by atoms with van der Waals surface area (Å²) in [5, 5.41) is 0. The molecule has 0 bridgehead atoms. The van der Waals surface area contributed by atoms with Crippen LogP contribution in [0.25, 0.3) is 0 Å². The van der Waals surface area contributed by atoms with Crippen LogP contribution in [0, 0.1) is 0 Å². The summed E-state index contributed by atoms with van der Waals surface area (Å²) in [6.45, 7) is -4.90. The Morgan fingerprint density at radius 2 is 2.07 bits per heavy atom. The number of pyridine rings is 1. The van der Waals surface area contributed by atoms with Crippen molar-refractivity contribution >= 4 is 17.8 Å². The molecule has 78 valence electrons. The summed E-state index contributed by atoms with van der Waals surface area (Å²) in [6.07, 6.45) is 2.78. The second kappa shape index (κ2) is 6.51. The number of aromatic nitrogens is 1. The SMILES string of the molecule is CS(=O)c1ccncc1C[B-](F)(F)F.[K+]. The van der Waals surface area contributed by atoms with E-state index in [4.69, 9.17) is 0 Å². The van der Waals surface area contributed by atoms with Gasteiger partial charge in [0.25, 0.3) is 0 Å². The third kappa shape index (κ3) is 5.60. The molecule has 0 aliphatic heterocycles. The Morgan fingerprint density at radius 1 is 1.47 bits per heavy atom. The smallest absolute Gasteiger partial charge is 0.449 e. The van der Waals surface area contributed by atoms with Crippen molar-refractivity contribution in [2.75, 3.05) is 6.26 Å². The third-order valence-electron chi connectivity index (χ3n) is 1.62. The summed E-state index contributed by atoms with van der Waals surface area (Å²) in [6, 6.07) is 1.35. The van der Waals surface area contributed by atoms with Gasteiger partial charge in [-0.25, -0.2) is 0 Å². The number of rotatable bonds is 3. The maximum Gasteiger partial charge on any atom is 1.00 e. The average Bonchev–Trinajstić information content (AvgIpc) is 2.01. The van der Waals surface area contributed by atoms with Gasteiger partial charge >= 0.3 is 58.4 Å². The predicted molar refractivity (Wildman–Crippen MR) is 49.4 cm³/mol. The van der Waals surface area contributed by atoms with Gasteiger partial charge < -0.3 is 12.9 Å². The number of nitrogens with zero attached hydrogens (tertiary/aromatic N) is 1. The summed E-state index contributed by atoms with van der Waals surface area (Å²) in [4.78, 5) is 3.80. The number of hydrogen-bond acceptors (Lipinski definition) is 2. The van der Waals surface area contributed by atoms with E-state index in [2.05, 4.69) is 4.98 Å². The fraction of sp³-hybridized carbons (Fsp3) is 0.286. The summed E-state index contributed by atoms with van der Waals surface area (Å²) in [7, 11) is -1.41. The van der Waals surface area contributed by atoms with Gasteiger partial charge in [0.15, 0.2) is 0 Å². The molecule has 0 saturated heterocycles. The number of halogens is 3. The third-order valence-corrected chi connectivity index (χ3v) is 2.64. The Balaban J connectivity index is 0.00000196. The minimum atomic E-state index is -4.90. The van der Waals surface area contributed by atoms with Crippen LogP contribution in [0.1, 0.15) is 5.56 Å². The molecule has 0 amide bonds. The maximum absolute atomic E-state index is 12.1. The van der Waals surface area contributed by atoms with E-state index in [-0.39, 0.29) is 61.8 Å². The normalized spacial score (nSPS) is 13.1. The fourth-order valence-electron chi connectivity index (χ4n) is 1.10. The van der Waals surface area contributed by atoms with Crippen LogP contribution >= 0.6 is 0 Å². The Morgan fingerprint density at radius 3 is 2.53 bits per heavy atom. The molecule has 0 aromatic carbocycles. The zero-order valence-electron chi connectivity index (χ0n) is 8.41. The van der Waals surface area contributed by atoms with Gasteiger partial charge in [-0.3, -0.25) is 9.19 Å². The van der Waals surface area contributed by atoms with E-state index in [1.54, 1.807) is 0 Å². The minimum Gasteiger partial charge on any atom is -0.449 e. The summed E-state index contributed by atoms with van der Waals surface area (Å²) >= 11 is 0. The van der Waals surface area contributed by atoms with E-state index < -0.39 is 24.1 Å². The molecule has 0 aliphatic carbocycles. The van der Waals surface area contributed by atoms with Gasteiger partial charge in [0, 0.05) is 23.5 Å². The summed E-state index contributed by atoms with van der Waals surface area (Å²) in [5.74, 6) is 0. The van der Waals surface area contributed by atoms with Crippen LogP contribution in [0.5, 0.6) is 0 Å². The molecule has 1 unspecified atom stereocenters. The van der Waals surface area contributed by atoms with Crippen molar-refractivity contribution in [2.45, 2.75) is 11.2 Å². The fourth-order valence-corrected chi connectivity index (χ4v) is 1.86. The van der Waals surface area contributed by atoms with Gasteiger partial charge in [-0.2, -0.15) is 0 Å². The molecular weight excluding hydrogens is 253 g/mol. The molecule has 1 heterocycles. The molecule has 0 aliphatic rings. The summed E-state index contributed by atoms with van der Waals surface area (Å²) in [5.41, 5.74) is 0.000772. The molecule has 0 N–H and O–H groups in total. The van der Waals surface area contributed by atoms with E-state index in [1.807, 2.05) is 0 Å². The van der Waals surface area contributed by atoms with E-state index >= 15 is 0 Å². The Kier molecular flexibility index (Phi) is 6.85. The van der Waals surface area contributed by atoms with Crippen LogP contribution in [0.4, 0.5) is 12.9 Å². The van der Waals surface area contributed by atoms with Crippen LogP contribution < -0.4 is 51.4 Å². The molecule has 0 radical (unpaired) electrons. The van der Waals surface area contributed by atoms with Crippen molar-refractivity contribution in [2.24, 2.45) is 0 Å². The standard InChI is InChI=1S/C7H8BF3NOS.K/c1-14(13)7-2-3-12-5-6(7)4-8(9,10)11;/h2-3,5H,4H2,1H3;/q-1;+1. The van der Waals surface area contributed by atoms with Crippen molar-refractivity contribution in [3.05, 3.63) is 24.0 Å². The van der Waals surface area contributed by atoms with Crippen molar-refractivity contribution in [1.82, 2.24) is 4.98 Å². The first kappa shape index (κ1) is 15.8. The molecule has 0 saturated carbocycles. The molecule has 2 nitrogen and oxygen atoms in total. The van der Waals surface area contributed by atoms with E-state index in [1.165, 1.54) is 18.5 Å². The van der Waals surface area contributed by atoms with E-state index in [0.29, 0.717) is 0 Å². The van der Waals surface area contributed by atoms with Crippen molar-refractivity contribution in [3.63, 3.8) is 0 Å². The molecule has 1 aromatic heterocycles. The molecule has 15 heavy (non-hydrogen) atoms. The molecule has 0 fully saturated rings. The minimum absolute atomic E-state index is 0. The quantitative estimate of drug-likeness (QED) is 0.637. The van der Waals surface area contributed by atoms with Gasteiger partial charge in [-0.15, -0.1) is 0 Å². The van der Waals surface area contributed by atoms with Gasteiger partial charge in [-0.05, 0) is 11.6 Å². The summed E-state index contributed by atoms with van der Waals surface area (Å²) < 4.78 is 47.4.